The van der Waals surface area contributed by atoms with E-state index in [9.17, 15) is 8.78 Å². The molecule has 1 fully saturated rings. The van der Waals surface area contributed by atoms with Gasteiger partial charge < -0.3 is 21.3 Å². The van der Waals surface area contributed by atoms with E-state index in [0.29, 0.717) is 25.9 Å². The van der Waals surface area contributed by atoms with Crippen molar-refractivity contribution in [3.63, 3.8) is 0 Å². The molecule has 4 N–H and O–H groups in total. The molecule has 0 spiro atoms. The van der Waals surface area contributed by atoms with Crippen LogP contribution in [0, 0.1) is 0 Å². The average Bonchev–Trinajstić information content (AvgIpc) is 2.83. The first kappa shape index (κ1) is 25.0. The van der Waals surface area contributed by atoms with E-state index < -0.39 is 5.92 Å². The van der Waals surface area contributed by atoms with Gasteiger partial charge in [-0.3, -0.25) is 4.99 Å². The molecule has 7 heteroatoms. The molecule has 0 saturated carbocycles. The monoisotopic (exact) mass is 457 g/mol. The van der Waals surface area contributed by atoms with E-state index in [1.54, 1.807) is 0 Å². The van der Waals surface area contributed by atoms with Crippen molar-refractivity contribution in [3.8, 4) is 0 Å². The van der Waals surface area contributed by atoms with Crippen LogP contribution in [0.1, 0.15) is 45.4 Å². The highest BCUT2D eigenvalue weighted by atomic mass is 19.3. The number of hydrogen-bond acceptors (Lipinski definition) is 5. The molecule has 33 heavy (non-hydrogen) atoms. The van der Waals surface area contributed by atoms with Gasteiger partial charge in [-0.25, -0.2) is 8.78 Å². The molecule has 0 aromatic heterocycles. The summed E-state index contributed by atoms with van der Waals surface area (Å²) in [6.07, 6.45) is 4.75. The minimum Gasteiger partial charge on any atom is -0.378 e. The van der Waals surface area contributed by atoms with E-state index in [-0.39, 0.29) is 24.5 Å². The van der Waals surface area contributed by atoms with Gasteiger partial charge in [0.15, 0.2) is 0 Å². The van der Waals surface area contributed by atoms with Crippen molar-refractivity contribution in [3.05, 3.63) is 60.0 Å². The van der Waals surface area contributed by atoms with Crippen LogP contribution in [-0.4, -0.2) is 49.3 Å². The van der Waals surface area contributed by atoms with Crippen LogP contribution in [0.25, 0.3) is 0 Å². The molecule has 3 rings (SSSR count). The van der Waals surface area contributed by atoms with Gasteiger partial charge in [0.05, 0.1) is 24.0 Å². The van der Waals surface area contributed by atoms with Gasteiger partial charge in [-0.1, -0.05) is 38.6 Å². The fourth-order valence-electron chi connectivity index (χ4n) is 4.23. The molecule has 0 amide bonds. The molecule has 0 unspecified atom stereocenters. The second-order valence-electron chi connectivity index (χ2n) is 8.85. The number of nitrogens with zero attached hydrogens (tertiary/aromatic N) is 2. The maximum absolute atomic E-state index is 14.2. The summed E-state index contributed by atoms with van der Waals surface area (Å²) in [6.45, 7) is 12.2. The van der Waals surface area contributed by atoms with Crippen LogP contribution in [0.15, 0.2) is 65.0 Å². The smallest absolute Gasteiger partial charge is 0.269 e. The molecule has 2 heterocycles. The number of piperidine rings is 1. The Hall–Kier alpha value is -2.67. The van der Waals surface area contributed by atoms with Crippen LogP contribution in [-0.2, 0) is 0 Å². The normalized spacial score (nSPS) is 18.5. The highest BCUT2D eigenvalue weighted by molar-refractivity contribution is 5.84. The second kappa shape index (κ2) is 11.5. The summed E-state index contributed by atoms with van der Waals surface area (Å²) in [6, 6.07) is 8.27. The summed E-state index contributed by atoms with van der Waals surface area (Å²) in [4.78, 5) is 6.91. The molecule has 1 aromatic rings. The maximum atomic E-state index is 14.2. The largest absolute Gasteiger partial charge is 0.378 e. The van der Waals surface area contributed by atoms with E-state index in [0.717, 1.165) is 54.3 Å². The SMILES string of the molecule is C=C(CCC(F)(F)C(=C)CCC)N1CCC(N=CC(CN)=C2CNc3ccccc3N2)CC1. The van der Waals surface area contributed by atoms with Gasteiger partial charge in [-0.15, -0.1) is 0 Å². The van der Waals surface area contributed by atoms with Gasteiger partial charge in [-0.05, 0) is 43.4 Å². The van der Waals surface area contributed by atoms with E-state index in [1.807, 2.05) is 37.4 Å². The molecule has 2 aliphatic rings. The summed E-state index contributed by atoms with van der Waals surface area (Å²) >= 11 is 0. The van der Waals surface area contributed by atoms with E-state index in [1.165, 1.54) is 0 Å². The Kier molecular flexibility index (Phi) is 8.67. The molecule has 1 saturated heterocycles. The molecule has 2 aliphatic heterocycles. The van der Waals surface area contributed by atoms with Gasteiger partial charge in [0, 0.05) is 49.2 Å². The lowest BCUT2D eigenvalue weighted by Gasteiger charge is -2.34. The van der Waals surface area contributed by atoms with Crippen LogP contribution in [0.3, 0.4) is 0 Å². The first-order chi connectivity index (χ1) is 15.8. The topological polar surface area (TPSA) is 65.7 Å². The van der Waals surface area contributed by atoms with Gasteiger partial charge >= 0.3 is 0 Å². The van der Waals surface area contributed by atoms with Crippen molar-refractivity contribution in [2.24, 2.45) is 10.7 Å². The lowest BCUT2D eigenvalue weighted by Crippen LogP contribution is -2.35. The molecule has 1 aromatic carbocycles. The third kappa shape index (κ3) is 6.67. The Balaban J connectivity index is 1.49. The zero-order valence-electron chi connectivity index (χ0n) is 19.7. The Morgan fingerprint density at radius 1 is 1.21 bits per heavy atom. The van der Waals surface area contributed by atoms with Crippen molar-refractivity contribution in [1.82, 2.24) is 4.90 Å². The van der Waals surface area contributed by atoms with Crippen molar-refractivity contribution in [2.45, 2.75) is 57.4 Å². The van der Waals surface area contributed by atoms with Crippen molar-refractivity contribution in [2.75, 3.05) is 36.8 Å². The predicted octanol–water partition coefficient (Wildman–Crippen LogP) is 5.56. The summed E-state index contributed by atoms with van der Waals surface area (Å²) in [5.41, 5.74) is 11.0. The third-order valence-corrected chi connectivity index (χ3v) is 6.43. The number of nitrogens with two attached hydrogens (primary N) is 1. The van der Waals surface area contributed by atoms with Gasteiger partial charge in [0.2, 0.25) is 0 Å². The Morgan fingerprint density at radius 2 is 1.91 bits per heavy atom. The number of benzene rings is 1. The number of likely N-dealkylation sites (tertiary alicyclic amines) is 1. The molecule has 0 aliphatic carbocycles. The second-order valence-corrected chi connectivity index (χ2v) is 8.85. The predicted molar refractivity (Wildman–Crippen MR) is 135 cm³/mol. The fraction of sp³-hybridized carbons (Fsp3) is 0.500. The van der Waals surface area contributed by atoms with Crippen molar-refractivity contribution < 1.29 is 8.78 Å². The minimum absolute atomic E-state index is 0.0295. The number of nitrogens with one attached hydrogen (secondary N) is 2. The summed E-state index contributed by atoms with van der Waals surface area (Å²) in [5.74, 6) is -2.82. The highest BCUT2D eigenvalue weighted by Crippen LogP contribution is 2.33. The summed E-state index contributed by atoms with van der Waals surface area (Å²) < 4.78 is 28.5. The summed E-state index contributed by atoms with van der Waals surface area (Å²) in [7, 11) is 0. The average molecular weight is 458 g/mol. The van der Waals surface area contributed by atoms with Crippen LogP contribution >= 0.6 is 0 Å². The van der Waals surface area contributed by atoms with Crippen LogP contribution in [0.5, 0.6) is 0 Å². The number of para-hydroxylation sites is 2. The lowest BCUT2D eigenvalue weighted by molar-refractivity contribution is 0.0274. The van der Waals surface area contributed by atoms with Crippen LogP contribution in [0.2, 0.25) is 0 Å². The Labute approximate surface area is 196 Å². The Morgan fingerprint density at radius 3 is 2.58 bits per heavy atom. The standard InChI is InChI=1S/C26H37F2N5/c1-4-7-19(2)26(27,28)13-10-20(3)33-14-11-22(12-15-33)30-17-21(16-29)25-18-31-23-8-5-6-9-24(23)32-25/h5-6,8-9,17,22,31-32H,2-4,7,10-16,18,29H2,1H3. The number of fused-ring (bicyclic) bond motifs is 1. The quantitative estimate of drug-likeness (QED) is 0.318. The minimum atomic E-state index is -2.82. The van der Waals surface area contributed by atoms with Gasteiger partial charge in [0.25, 0.3) is 5.92 Å². The molecule has 0 bridgehead atoms. The van der Waals surface area contributed by atoms with E-state index in [4.69, 9.17) is 10.7 Å². The van der Waals surface area contributed by atoms with E-state index >= 15 is 0 Å². The van der Waals surface area contributed by atoms with Gasteiger partial charge in [0.1, 0.15) is 0 Å². The third-order valence-electron chi connectivity index (χ3n) is 6.43. The fourth-order valence-corrected chi connectivity index (χ4v) is 4.23. The first-order valence-corrected chi connectivity index (χ1v) is 11.9. The Bertz CT molecular complexity index is 898. The highest BCUT2D eigenvalue weighted by Gasteiger charge is 2.32. The lowest BCUT2D eigenvalue weighted by atomic mass is 9.99. The number of alkyl halides is 2. The number of rotatable bonds is 10. The zero-order chi connectivity index (χ0) is 23.8. The molecule has 0 atom stereocenters. The number of halogens is 2. The number of allylic oxidation sites excluding steroid dienone is 2. The van der Waals surface area contributed by atoms with Crippen LogP contribution < -0.4 is 16.4 Å². The molecule has 0 radical (unpaired) electrons. The zero-order valence-corrected chi connectivity index (χ0v) is 19.7. The van der Waals surface area contributed by atoms with Crippen molar-refractivity contribution in [1.29, 1.82) is 0 Å². The molecule has 180 valence electrons. The molecular formula is C26H37F2N5. The molecule has 5 nitrogen and oxygen atoms in total. The number of hydrogen-bond donors (Lipinski definition) is 3. The van der Waals surface area contributed by atoms with Gasteiger partial charge in [-0.2, -0.15) is 0 Å². The summed E-state index contributed by atoms with van der Waals surface area (Å²) in [5, 5.41) is 6.87. The number of anilines is 2. The van der Waals surface area contributed by atoms with E-state index in [2.05, 4.69) is 28.7 Å². The molecular weight excluding hydrogens is 420 g/mol. The maximum Gasteiger partial charge on any atom is 0.269 e. The number of aliphatic imine (C=N–C) groups is 1. The first-order valence-electron chi connectivity index (χ1n) is 11.9. The van der Waals surface area contributed by atoms with Crippen LogP contribution in [0.4, 0.5) is 20.2 Å². The van der Waals surface area contributed by atoms with Crippen molar-refractivity contribution >= 4 is 17.6 Å².